The zero-order chi connectivity index (χ0) is 14.0. The largest absolute Gasteiger partial charge is 0.329 e. The van der Waals surface area contributed by atoms with Gasteiger partial charge in [-0.2, -0.15) is 4.31 Å². The van der Waals surface area contributed by atoms with Crippen LogP contribution in [-0.4, -0.2) is 31.1 Å². The molecule has 0 amide bonds. The van der Waals surface area contributed by atoms with Crippen molar-refractivity contribution < 1.29 is 8.42 Å². The molecule has 5 heteroatoms. The van der Waals surface area contributed by atoms with E-state index in [1.54, 1.807) is 4.31 Å². The summed E-state index contributed by atoms with van der Waals surface area (Å²) in [5.74, 6) is 0.492. The maximum Gasteiger partial charge on any atom is 0.218 e. The van der Waals surface area contributed by atoms with E-state index in [1.165, 1.54) is 5.56 Å². The van der Waals surface area contributed by atoms with Gasteiger partial charge in [0.2, 0.25) is 10.0 Å². The van der Waals surface area contributed by atoms with E-state index in [0.717, 1.165) is 5.56 Å². The Kier molecular flexibility index (Phi) is 4.28. The van der Waals surface area contributed by atoms with Crippen LogP contribution in [0.2, 0.25) is 0 Å². The van der Waals surface area contributed by atoms with Crippen LogP contribution in [0.25, 0.3) is 0 Å². The number of rotatable bonds is 4. The van der Waals surface area contributed by atoms with Gasteiger partial charge in [0.25, 0.3) is 0 Å². The molecule has 1 aromatic rings. The molecule has 1 saturated heterocycles. The third-order valence-corrected chi connectivity index (χ3v) is 6.05. The summed E-state index contributed by atoms with van der Waals surface area (Å²) < 4.78 is 25.8. The molecule has 2 rings (SSSR count). The smallest absolute Gasteiger partial charge is 0.218 e. The molecule has 2 N–H and O–H groups in total. The van der Waals surface area contributed by atoms with Crippen LogP contribution in [0.15, 0.2) is 24.3 Å². The number of hydrogen-bond acceptors (Lipinski definition) is 3. The lowest BCUT2D eigenvalue weighted by atomic mass is 10.0. The molecule has 1 aliphatic heterocycles. The highest BCUT2D eigenvalue weighted by atomic mass is 32.2. The standard InChI is InChI=1S/C14H22N2O2S/c1-11(2)13-5-3-12(4-6-13)10-16-8-7-14(9-15)19(16,17)18/h3-6,11,14H,7-10,15H2,1-2H3/t14-/m0/s1. The molecule has 0 spiro atoms. The molecule has 4 nitrogen and oxygen atoms in total. The van der Waals surface area contributed by atoms with Crippen LogP contribution in [0.1, 0.15) is 37.3 Å². The normalized spacial score (nSPS) is 23.1. The Morgan fingerprint density at radius 3 is 2.42 bits per heavy atom. The number of benzene rings is 1. The first-order valence-electron chi connectivity index (χ1n) is 6.73. The molecule has 0 bridgehead atoms. The molecular weight excluding hydrogens is 260 g/mol. The van der Waals surface area contributed by atoms with Gasteiger partial charge in [-0.3, -0.25) is 0 Å². The van der Waals surface area contributed by atoms with Gasteiger partial charge in [-0.25, -0.2) is 8.42 Å². The van der Waals surface area contributed by atoms with Crippen molar-refractivity contribution in [3.63, 3.8) is 0 Å². The maximum absolute atomic E-state index is 12.1. The Morgan fingerprint density at radius 1 is 1.32 bits per heavy atom. The van der Waals surface area contributed by atoms with Crippen LogP contribution in [0.5, 0.6) is 0 Å². The average molecular weight is 282 g/mol. The van der Waals surface area contributed by atoms with Crippen molar-refractivity contribution in [1.29, 1.82) is 0 Å². The fourth-order valence-electron chi connectivity index (χ4n) is 2.40. The lowest BCUT2D eigenvalue weighted by Crippen LogP contribution is -2.32. The zero-order valence-corrected chi connectivity index (χ0v) is 12.4. The highest BCUT2D eigenvalue weighted by molar-refractivity contribution is 7.90. The van der Waals surface area contributed by atoms with Gasteiger partial charge in [0.05, 0.1) is 5.25 Å². The lowest BCUT2D eigenvalue weighted by molar-refractivity contribution is 0.439. The molecule has 0 aliphatic carbocycles. The fraction of sp³-hybridized carbons (Fsp3) is 0.571. The van der Waals surface area contributed by atoms with Crippen LogP contribution in [0, 0.1) is 0 Å². The van der Waals surface area contributed by atoms with Gasteiger partial charge in [-0.05, 0) is 23.5 Å². The summed E-state index contributed by atoms with van der Waals surface area (Å²) in [6.07, 6.45) is 0.642. The summed E-state index contributed by atoms with van der Waals surface area (Å²) in [5.41, 5.74) is 7.82. The summed E-state index contributed by atoms with van der Waals surface area (Å²) >= 11 is 0. The van der Waals surface area contributed by atoms with Gasteiger partial charge in [0.15, 0.2) is 0 Å². The minimum atomic E-state index is -3.19. The molecule has 1 aromatic carbocycles. The number of nitrogens with two attached hydrogens (primary N) is 1. The molecule has 0 aromatic heterocycles. The molecule has 1 heterocycles. The topological polar surface area (TPSA) is 63.4 Å². The minimum Gasteiger partial charge on any atom is -0.329 e. The highest BCUT2D eigenvalue weighted by Gasteiger charge is 2.37. The first-order chi connectivity index (χ1) is 8.95. The predicted molar refractivity (Wildman–Crippen MR) is 77.3 cm³/mol. The van der Waals surface area contributed by atoms with E-state index in [0.29, 0.717) is 25.4 Å². The van der Waals surface area contributed by atoms with E-state index < -0.39 is 15.3 Å². The van der Waals surface area contributed by atoms with E-state index >= 15 is 0 Å². The Hall–Kier alpha value is -0.910. The van der Waals surface area contributed by atoms with E-state index in [2.05, 4.69) is 26.0 Å². The van der Waals surface area contributed by atoms with Crippen LogP contribution in [-0.2, 0) is 16.6 Å². The van der Waals surface area contributed by atoms with Gasteiger partial charge >= 0.3 is 0 Å². The molecule has 1 aliphatic rings. The quantitative estimate of drug-likeness (QED) is 0.913. The molecule has 19 heavy (non-hydrogen) atoms. The Balaban J connectivity index is 2.10. The van der Waals surface area contributed by atoms with E-state index in [4.69, 9.17) is 5.73 Å². The monoisotopic (exact) mass is 282 g/mol. The predicted octanol–water partition coefficient (Wildman–Crippen LogP) is 1.67. The van der Waals surface area contributed by atoms with Crippen LogP contribution in [0.4, 0.5) is 0 Å². The van der Waals surface area contributed by atoms with E-state index in [9.17, 15) is 8.42 Å². The minimum absolute atomic E-state index is 0.213. The molecule has 106 valence electrons. The maximum atomic E-state index is 12.1. The lowest BCUT2D eigenvalue weighted by Gasteiger charge is -2.16. The van der Waals surface area contributed by atoms with Crippen molar-refractivity contribution in [2.75, 3.05) is 13.1 Å². The second kappa shape index (κ2) is 5.61. The molecule has 1 atom stereocenters. The van der Waals surface area contributed by atoms with Crippen molar-refractivity contribution in [2.45, 2.75) is 38.0 Å². The molecule has 0 saturated carbocycles. The molecular formula is C14H22N2O2S. The molecule has 0 unspecified atom stereocenters. The van der Waals surface area contributed by atoms with Gasteiger partial charge in [0.1, 0.15) is 0 Å². The van der Waals surface area contributed by atoms with Crippen molar-refractivity contribution in [3.8, 4) is 0 Å². The second-order valence-electron chi connectivity index (χ2n) is 5.42. The molecule has 1 fully saturated rings. The average Bonchev–Trinajstić information content (AvgIpc) is 2.65. The SMILES string of the molecule is CC(C)c1ccc(CN2CC[C@@H](CN)S2(=O)=O)cc1. The zero-order valence-electron chi connectivity index (χ0n) is 11.5. The first-order valence-corrected chi connectivity index (χ1v) is 8.23. The van der Waals surface area contributed by atoms with Crippen molar-refractivity contribution >= 4 is 10.0 Å². The Labute approximate surface area is 115 Å². The van der Waals surface area contributed by atoms with Crippen LogP contribution in [0.3, 0.4) is 0 Å². The van der Waals surface area contributed by atoms with Crippen molar-refractivity contribution in [2.24, 2.45) is 5.73 Å². The Morgan fingerprint density at radius 2 is 1.95 bits per heavy atom. The van der Waals surface area contributed by atoms with Crippen molar-refractivity contribution in [3.05, 3.63) is 35.4 Å². The first kappa shape index (κ1) is 14.5. The third kappa shape index (κ3) is 2.99. The van der Waals surface area contributed by atoms with E-state index in [-0.39, 0.29) is 6.54 Å². The third-order valence-electron chi connectivity index (χ3n) is 3.75. The van der Waals surface area contributed by atoms with Crippen molar-refractivity contribution in [1.82, 2.24) is 4.31 Å². The second-order valence-corrected chi connectivity index (χ2v) is 7.63. The summed E-state index contributed by atoms with van der Waals surface area (Å²) in [6, 6.07) is 8.17. The summed E-state index contributed by atoms with van der Waals surface area (Å²) in [4.78, 5) is 0. The number of nitrogens with zero attached hydrogens (tertiary/aromatic N) is 1. The molecule has 0 radical (unpaired) electrons. The van der Waals surface area contributed by atoms with Gasteiger partial charge in [-0.15, -0.1) is 0 Å². The number of hydrogen-bond donors (Lipinski definition) is 1. The van der Waals surface area contributed by atoms with Crippen LogP contribution >= 0.6 is 0 Å². The Bertz CT molecular complexity index is 523. The van der Waals surface area contributed by atoms with Crippen LogP contribution < -0.4 is 5.73 Å². The van der Waals surface area contributed by atoms with E-state index in [1.807, 2.05) is 12.1 Å². The summed E-state index contributed by atoms with van der Waals surface area (Å²) in [5, 5.41) is -0.401. The van der Waals surface area contributed by atoms with Gasteiger partial charge in [-0.1, -0.05) is 38.1 Å². The fourth-order valence-corrected chi connectivity index (χ4v) is 4.15. The number of sulfonamides is 1. The van der Waals surface area contributed by atoms with Gasteiger partial charge < -0.3 is 5.73 Å². The summed E-state index contributed by atoms with van der Waals surface area (Å²) in [7, 11) is -3.19. The highest BCUT2D eigenvalue weighted by Crippen LogP contribution is 2.24. The summed E-state index contributed by atoms with van der Waals surface area (Å²) in [6.45, 7) is 5.54. The van der Waals surface area contributed by atoms with Gasteiger partial charge in [0, 0.05) is 19.6 Å².